The molecule has 0 unspecified atom stereocenters. The molecule has 0 atom stereocenters. The predicted octanol–water partition coefficient (Wildman–Crippen LogP) is 2.47. The lowest BCUT2D eigenvalue weighted by atomic mass is 10.1. The highest BCUT2D eigenvalue weighted by molar-refractivity contribution is 6.30. The lowest BCUT2D eigenvalue weighted by molar-refractivity contribution is -0.132. The molecule has 1 amide bonds. The van der Waals surface area contributed by atoms with E-state index >= 15 is 0 Å². The number of rotatable bonds is 6. The summed E-state index contributed by atoms with van der Waals surface area (Å²) in [5.41, 5.74) is 6.48. The van der Waals surface area contributed by atoms with E-state index in [9.17, 15) is 4.79 Å². The van der Waals surface area contributed by atoms with Crippen molar-refractivity contribution in [3.8, 4) is 0 Å². The summed E-state index contributed by atoms with van der Waals surface area (Å²) in [5, 5.41) is 0.690. The Balaban J connectivity index is 2.63. The van der Waals surface area contributed by atoms with Crippen LogP contribution in [0, 0.1) is 0 Å². The average molecular weight is 269 g/mol. The lowest BCUT2D eigenvalue weighted by Gasteiger charge is -2.26. The van der Waals surface area contributed by atoms with Crippen LogP contribution in [-0.2, 0) is 11.2 Å². The highest BCUT2D eigenvalue weighted by atomic mass is 35.5. The number of benzene rings is 1. The van der Waals surface area contributed by atoms with Gasteiger partial charge in [-0.15, -0.1) is 0 Å². The van der Waals surface area contributed by atoms with Gasteiger partial charge in [0.15, 0.2) is 0 Å². The Morgan fingerprint density at radius 1 is 1.33 bits per heavy atom. The third-order valence-corrected chi connectivity index (χ3v) is 3.07. The van der Waals surface area contributed by atoms with Crippen LogP contribution < -0.4 is 5.73 Å². The first-order chi connectivity index (χ1) is 8.54. The van der Waals surface area contributed by atoms with Crippen molar-refractivity contribution in [2.45, 2.75) is 32.7 Å². The van der Waals surface area contributed by atoms with Crippen molar-refractivity contribution in [1.82, 2.24) is 4.90 Å². The molecule has 0 aromatic heterocycles. The van der Waals surface area contributed by atoms with E-state index < -0.39 is 0 Å². The van der Waals surface area contributed by atoms with E-state index in [0.29, 0.717) is 18.0 Å². The number of nitrogens with two attached hydrogens (primary N) is 1. The highest BCUT2D eigenvalue weighted by Crippen LogP contribution is 2.12. The molecule has 0 aliphatic carbocycles. The molecule has 0 bridgehead atoms. The number of carbonyl (C=O) groups is 1. The number of hydrogen-bond donors (Lipinski definition) is 1. The zero-order valence-corrected chi connectivity index (χ0v) is 11.8. The number of nitrogens with zero attached hydrogens (tertiary/aromatic N) is 1. The third-order valence-electron chi connectivity index (χ3n) is 2.82. The van der Waals surface area contributed by atoms with Gasteiger partial charge in [-0.1, -0.05) is 23.7 Å². The normalized spacial score (nSPS) is 10.7. The second kappa shape index (κ2) is 7.39. The van der Waals surface area contributed by atoms with Crippen LogP contribution in [0.3, 0.4) is 0 Å². The van der Waals surface area contributed by atoms with Gasteiger partial charge in [0, 0.05) is 17.6 Å². The average Bonchev–Trinajstić information content (AvgIpc) is 2.32. The molecule has 2 N–H and O–H groups in total. The molecular weight excluding hydrogens is 248 g/mol. The van der Waals surface area contributed by atoms with Gasteiger partial charge >= 0.3 is 0 Å². The number of halogens is 1. The summed E-state index contributed by atoms with van der Waals surface area (Å²) in [6.45, 7) is 5.38. The summed E-state index contributed by atoms with van der Waals surface area (Å²) in [4.78, 5) is 14.1. The molecule has 0 fully saturated rings. The zero-order chi connectivity index (χ0) is 13.5. The summed E-state index contributed by atoms with van der Waals surface area (Å²) in [5.74, 6) is 0.140. The molecular formula is C14H21ClN2O. The molecule has 0 spiro atoms. The van der Waals surface area contributed by atoms with Crippen molar-refractivity contribution in [1.29, 1.82) is 0 Å². The minimum absolute atomic E-state index is 0.140. The van der Waals surface area contributed by atoms with Crippen LogP contribution in [0.2, 0.25) is 5.02 Å². The van der Waals surface area contributed by atoms with Crippen molar-refractivity contribution in [3.63, 3.8) is 0 Å². The molecule has 1 rings (SSSR count). The van der Waals surface area contributed by atoms with Crippen LogP contribution in [0.25, 0.3) is 0 Å². The zero-order valence-electron chi connectivity index (χ0n) is 11.0. The SMILES string of the molecule is CC(C)N(CCCN)C(=O)Cc1ccc(Cl)cc1. The molecule has 1 aromatic carbocycles. The van der Waals surface area contributed by atoms with Gasteiger partial charge < -0.3 is 10.6 Å². The molecule has 0 saturated heterocycles. The molecule has 0 aliphatic rings. The summed E-state index contributed by atoms with van der Waals surface area (Å²) in [6, 6.07) is 7.60. The second-order valence-electron chi connectivity index (χ2n) is 4.63. The fraction of sp³-hybridized carbons (Fsp3) is 0.500. The Morgan fingerprint density at radius 2 is 1.94 bits per heavy atom. The molecule has 4 heteroatoms. The largest absolute Gasteiger partial charge is 0.340 e. The quantitative estimate of drug-likeness (QED) is 0.862. The van der Waals surface area contributed by atoms with Gasteiger partial charge in [-0.3, -0.25) is 4.79 Å². The highest BCUT2D eigenvalue weighted by Gasteiger charge is 2.16. The van der Waals surface area contributed by atoms with E-state index in [1.54, 1.807) is 0 Å². The first-order valence-electron chi connectivity index (χ1n) is 6.28. The maximum Gasteiger partial charge on any atom is 0.227 e. The Bertz CT molecular complexity index is 376. The Labute approximate surface area is 114 Å². The first-order valence-corrected chi connectivity index (χ1v) is 6.66. The monoisotopic (exact) mass is 268 g/mol. The van der Waals surface area contributed by atoms with Gasteiger partial charge in [-0.25, -0.2) is 0 Å². The second-order valence-corrected chi connectivity index (χ2v) is 5.06. The fourth-order valence-corrected chi connectivity index (χ4v) is 1.94. The van der Waals surface area contributed by atoms with Crippen LogP contribution in [0.1, 0.15) is 25.8 Å². The van der Waals surface area contributed by atoms with Gasteiger partial charge in [0.25, 0.3) is 0 Å². The predicted molar refractivity (Wildman–Crippen MR) is 75.7 cm³/mol. The maximum absolute atomic E-state index is 12.2. The summed E-state index contributed by atoms with van der Waals surface area (Å²) >= 11 is 5.82. The molecule has 18 heavy (non-hydrogen) atoms. The smallest absolute Gasteiger partial charge is 0.227 e. The molecule has 100 valence electrons. The summed E-state index contributed by atoms with van der Waals surface area (Å²) in [7, 11) is 0. The van der Waals surface area contributed by atoms with Crippen molar-refractivity contribution in [2.24, 2.45) is 5.73 Å². The summed E-state index contributed by atoms with van der Waals surface area (Å²) < 4.78 is 0. The lowest BCUT2D eigenvalue weighted by Crippen LogP contribution is -2.39. The van der Waals surface area contributed by atoms with Gasteiger partial charge in [0.1, 0.15) is 0 Å². The first kappa shape index (κ1) is 15.0. The minimum atomic E-state index is 0.140. The van der Waals surface area contributed by atoms with Crippen LogP contribution in [0.15, 0.2) is 24.3 Å². The molecule has 3 nitrogen and oxygen atoms in total. The van der Waals surface area contributed by atoms with Crippen molar-refractivity contribution in [3.05, 3.63) is 34.9 Å². The van der Waals surface area contributed by atoms with Crippen molar-refractivity contribution < 1.29 is 4.79 Å². The Hall–Kier alpha value is -1.06. The topological polar surface area (TPSA) is 46.3 Å². The van der Waals surface area contributed by atoms with E-state index in [0.717, 1.165) is 18.5 Å². The standard InChI is InChI=1S/C14H21ClN2O/c1-11(2)17(9-3-8-16)14(18)10-12-4-6-13(15)7-5-12/h4-7,11H,3,8-10,16H2,1-2H3. The van der Waals surface area contributed by atoms with Crippen LogP contribution in [0.5, 0.6) is 0 Å². The van der Waals surface area contributed by atoms with Crippen LogP contribution in [-0.4, -0.2) is 29.9 Å². The van der Waals surface area contributed by atoms with E-state index in [-0.39, 0.29) is 11.9 Å². The van der Waals surface area contributed by atoms with E-state index in [1.165, 1.54) is 0 Å². The van der Waals surface area contributed by atoms with Crippen molar-refractivity contribution in [2.75, 3.05) is 13.1 Å². The molecule has 0 saturated carbocycles. The fourth-order valence-electron chi connectivity index (χ4n) is 1.81. The molecule has 1 aromatic rings. The number of hydrogen-bond acceptors (Lipinski definition) is 2. The summed E-state index contributed by atoms with van der Waals surface area (Å²) in [6.07, 6.45) is 1.25. The van der Waals surface area contributed by atoms with Crippen molar-refractivity contribution >= 4 is 17.5 Å². The molecule has 0 radical (unpaired) electrons. The molecule has 0 aliphatic heterocycles. The van der Waals surface area contributed by atoms with Crippen LogP contribution in [0.4, 0.5) is 0 Å². The van der Waals surface area contributed by atoms with Gasteiger partial charge in [0.2, 0.25) is 5.91 Å². The van der Waals surface area contributed by atoms with E-state index in [1.807, 2.05) is 43.0 Å². The minimum Gasteiger partial charge on any atom is -0.340 e. The van der Waals surface area contributed by atoms with Gasteiger partial charge in [0.05, 0.1) is 6.42 Å². The number of amides is 1. The maximum atomic E-state index is 12.2. The molecule has 0 heterocycles. The van der Waals surface area contributed by atoms with Crippen LogP contribution >= 0.6 is 11.6 Å². The number of carbonyl (C=O) groups excluding carboxylic acids is 1. The Morgan fingerprint density at radius 3 is 2.44 bits per heavy atom. The van der Waals surface area contributed by atoms with Gasteiger partial charge in [-0.05, 0) is 44.5 Å². The van der Waals surface area contributed by atoms with Gasteiger partial charge in [-0.2, -0.15) is 0 Å². The Kier molecular flexibility index (Phi) is 6.16. The van der Waals surface area contributed by atoms with E-state index in [2.05, 4.69) is 0 Å². The third kappa shape index (κ3) is 4.67. The van der Waals surface area contributed by atoms with E-state index in [4.69, 9.17) is 17.3 Å².